The van der Waals surface area contributed by atoms with Gasteiger partial charge in [-0.3, -0.25) is 10.1 Å². The molecule has 0 N–H and O–H groups in total. The summed E-state index contributed by atoms with van der Waals surface area (Å²) in [5.74, 6) is 0. The quantitative estimate of drug-likeness (QED) is 0.241. The van der Waals surface area contributed by atoms with E-state index in [0.29, 0.717) is 11.3 Å². The summed E-state index contributed by atoms with van der Waals surface area (Å²) in [5, 5.41) is 13.4. The molecule has 0 aliphatic heterocycles. The highest BCUT2D eigenvalue weighted by atomic mass is 16.6. The van der Waals surface area contributed by atoms with Crippen LogP contribution >= 0.6 is 0 Å². The molecule has 1 aromatic carbocycles. The van der Waals surface area contributed by atoms with E-state index in [9.17, 15) is 10.1 Å². The molecule has 0 aliphatic rings. The van der Waals surface area contributed by atoms with Crippen LogP contribution in [0.5, 0.6) is 0 Å². The predicted octanol–water partition coefficient (Wildman–Crippen LogP) is 2.88. The molecular formula is C8H6N4O2. The number of azide groups is 1. The van der Waals surface area contributed by atoms with Crippen molar-refractivity contribution >= 4 is 11.8 Å². The van der Waals surface area contributed by atoms with E-state index in [0.717, 1.165) is 6.20 Å². The van der Waals surface area contributed by atoms with Crippen LogP contribution in [-0.2, 0) is 0 Å². The normalized spacial score (nSPS) is 9.71. The number of hydrogen-bond donors (Lipinski definition) is 0. The van der Waals surface area contributed by atoms with Gasteiger partial charge in [0.1, 0.15) is 0 Å². The van der Waals surface area contributed by atoms with Crippen molar-refractivity contribution in [3.05, 3.63) is 56.6 Å². The Balaban J connectivity index is 3.07. The third kappa shape index (κ3) is 2.62. The Morgan fingerprint density at radius 1 is 1.50 bits per heavy atom. The average Bonchev–Trinajstić information content (AvgIpc) is 2.17. The molecular weight excluding hydrogens is 184 g/mol. The number of benzene rings is 1. The van der Waals surface area contributed by atoms with Crippen molar-refractivity contribution < 1.29 is 4.92 Å². The van der Waals surface area contributed by atoms with Crippen molar-refractivity contribution in [1.29, 1.82) is 0 Å². The van der Waals surface area contributed by atoms with Gasteiger partial charge in [-0.2, -0.15) is 0 Å². The van der Waals surface area contributed by atoms with Crippen molar-refractivity contribution in [3.8, 4) is 0 Å². The topological polar surface area (TPSA) is 91.9 Å². The van der Waals surface area contributed by atoms with Gasteiger partial charge in [-0.1, -0.05) is 29.4 Å². The fourth-order valence-electron chi connectivity index (χ4n) is 0.909. The SMILES string of the molecule is [N-]=[N+]=Nc1ccccc1C=C[N+](=O)[O-]. The first-order valence-corrected chi connectivity index (χ1v) is 3.70. The first kappa shape index (κ1) is 9.76. The number of nitro groups is 1. The van der Waals surface area contributed by atoms with Gasteiger partial charge in [-0.15, -0.1) is 0 Å². The van der Waals surface area contributed by atoms with Gasteiger partial charge in [-0.25, -0.2) is 0 Å². The van der Waals surface area contributed by atoms with Crippen LogP contribution in [0.3, 0.4) is 0 Å². The van der Waals surface area contributed by atoms with Crippen LogP contribution in [0.1, 0.15) is 5.56 Å². The molecule has 70 valence electrons. The van der Waals surface area contributed by atoms with Crippen molar-refractivity contribution in [2.24, 2.45) is 5.11 Å². The van der Waals surface area contributed by atoms with Crippen LogP contribution in [0.25, 0.3) is 16.5 Å². The highest BCUT2D eigenvalue weighted by molar-refractivity contribution is 5.62. The van der Waals surface area contributed by atoms with Crippen LogP contribution in [0.2, 0.25) is 0 Å². The van der Waals surface area contributed by atoms with Gasteiger partial charge >= 0.3 is 0 Å². The van der Waals surface area contributed by atoms with Gasteiger partial charge in [-0.05, 0) is 11.1 Å². The summed E-state index contributed by atoms with van der Waals surface area (Å²) in [6.45, 7) is 0. The zero-order valence-corrected chi connectivity index (χ0v) is 7.07. The lowest BCUT2D eigenvalue weighted by Gasteiger charge is -1.95. The van der Waals surface area contributed by atoms with E-state index in [1.54, 1.807) is 24.3 Å². The number of hydrogen-bond acceptors (Lipinski definition) is 3. The Kier molecular flexibility index (Phi) is 3.23. The molecule has 0 saturated heterocycles. The molecule has 0 aliphatic carbocycles. The summed E-state index contributed by atoms with van der Waals surface area (Å²) in [5.41, 5.74) is 9.11. The molecule has 0 heterocycles. The minimum atomic E-state index is -0.577. The molecule has 1 aromatic rings. The van der Waals surface area contributed by atoms with E-state index in [4.69, 9.17) is 5.53 Å². The molecule has 0 radical (unpaired) electrons. The fourth-order valence-corrected chi connectivity index (χ4v) is 0.909. The third-order valence-corrected chi connectivity index (χ3v) is 1.47. The lowest BCUT2D eigenvalue weighted by molar-refractivity contribution is -0.400. The molecule has 6 heteroatoms. The zero-order valence-electron chi connectivity index (χ0n) is 7.07. The second-order valence-corrected chi connectivity index (χ2v) is 2.35. The summed E-state index contributed by atoms with van der Waals surface area (Å²) < 4.78 is 0. The van der Waals surface area contributed by atoms with Crippen LogP contribution in [0.4, 0.5) is 5.69 Å². The summed E-state index contributed by atoms with van der Waals surface area (Å²) in [7, 11) is 0. The number of rotatable bonds is 3. The maximum Gasteiger partial charge on any atom is 0.235 e. The van der Waals surface area contributed by atoms with Crippen LogP contribution in [-0.4, -0.2) is 4.92 Å². The van der Waals surface area contributed by atoms with Crippen molar-refractivity contribution in [1.82, 2.24) is 0 Å². The highest BCUT2D eigenvalue weighted by Gasteiger charge is 1.96. The van der Waals surface area contributed by atoms with Gasteiger partial charge in [0.05, 0.1) is 4.92 Å². The minimum Gasteiger partial charge on any atom is -0.259 e. The first-order valence-electron chi connectivity index (χ1n) is 3.70. The van der Waals surface area contributed by atoms with E-state index >= 15 is 0 Å². The monoisotopic (exact) mass is 190 g/mol. The van der Waals surface area contributed by atoms with Crippen molar-refractivity contribution in [3.63, 3.8) is 0 Å². The summed E-state index contributed by atoms with van der Waals surface area (Å²) >= 11 is 0. The molecule has 0 fully saturated rings. The van der Waals surface area contributed by atoms with Gasteiger partial charge in [0.25, 0.3) is 0 Å². The van der Waals surface area contributed by atoms with Crippen LogP contribution < -0.4 is 0 Å². The Labute approximate surface area is 79.3 Å². The van der Waals surface area contributed by atoms with Gasteiger partial charge in [0.15, 0.2) is 0 Å². The molecule has 0 bridgehead atoms. The predicted molar refractivity (Wildman–Crippen MR) is 51.3 cm³/mol. The molecule has 0 spiro atoms. The zero-order chi connectivity index (χ0) is 10.4. The maximum absolute atomic E-state index is 10.1. The Morgan fingerprint density at radius 3 is 2.86 bits per heavy atom. The van der Waals surface area contributed by atoms with Gasteiger partial charge in [0.2, 0.25) is 6.20 Å². The van der Waals surface area contributed by atoms with Crippen molar-refractivity contribution in [2.75, 3.05) is 0 Å². The Bertz CT molecular complexity index is 421. The maximum atomic E-state index is 10.1. The minimum absolute atomic E-state index is 0.369. The molecule has 6 nitrogen and oxygen atoms in total. The second kappa shape index (κ2) is 4.64. The summed E-state index contributed by atoms with van der Waals surface area (Å²) in [6, 6.07) is 6.60. The van der Waals surface area contributed by atoms with Gasteiger partial charge in [0, 0.05) is 16.7 Å². The van der Waals surface area contributed by atoms with E-state index in [-0.39, 0.29) is 0 Å². The fraction of sp³-hybridized carbons (Fsp3) is 0. The lowest BCUT2D eigenvalue weighted by atomic mass is 10.2. The molecule has 14 heavy (non-hydrogen) atoms. The van der Waals surface area contributed by atoms with E-state index < -0.39 is 4.92 Å². The Hall–Kier alpha value is -2.33. The van der Waals surface area contributed by atoms with Crippen LogP contribution in [0, 0.1) is 10.1 Å². The summed E-state index contributed by atoms with van der Waals surface area (Å²) in [6.07, 6.45) is 2.08. The van der Waals surface area contributed by atoms with Crippen molar-refractivity contribution in [2.45, 2.75) is 0 Å². The molecule has 0 unspecified atom stereocenters. The molecule has 1 rings (SSSR count). The second-order valence-electron chi connectivity index (χ2n) is 2.35. The first-order chi connectivity index (χ1) is 6.74. The molecule has 0 atom stereocenters. The molecule has 0 aromatic heterocycles. The Morgan fingerprint density at radius 2 is 2.21 bits per heavy atom. The smallest absolute Gasteiger partial charge is 0.235 e. The van der Waals surface area contributed by atoms with Gasteiger partial charge < -0.3 is 0 Å². The van der Waals surface area contributed by atoms with E-state index in [2.05, 4.69) is 10.0 Å². The third-order valence-electron chi connectivity index (χ3n) is 1.47. The lowest BCUT2D eigenvalue weighted by Crippen LogP contribution is -1.82. The average molecular weight is 190 g/mol. The largest absolute Gasteiger partial charge is 0.259 e. The van der Waals surface area contributed by atoms with Crippen LogP contribution in [0.15, 0.2) is 35.6 Å². The summed E-state index contributed by atoms with van der Waals surface area (Å²) in [4.78, 5) is 12.1. The highest BCUT2D eigenvalue weighted by Crippen LogP contribution is 2.19. The standard InChI is InChI=1S/C8H6N4O2/c9-11-10-8-4-2-1-3-7(8)5-6-12(13)14/h1-6H. The van der Waals surface area contributed by atoms with E-state index in [1.807, 2.05) is 0 Å². The van der Waals surface area contributed by atoms with E-state index in [1.165, 1.54) is 6.08 Å². The molecule has 0 saturated carbocycles. The number of nitrogens with zero attached hydrogens (tertiary/aromatic N) is 4. The molecule has 0 amide bonds.